The largest absolute Gasteiger partial charge is 0.489 e. The number of ether oxygens (including phenoxy) is 2. The molecule has 116 valence electrons. The van der Waals surface area contributed by atoms with Crippen LogP contribution >= 0.6 is 0 Å². The second kappa shape index (κ2) is 6.98. The fourth-order valence-corrected chi connectivity index (χ4v) is 1.90. The highest BCUT2D eigenvalue weighted by atomic mass is 16.5. The van der Waals surface area contributed by atoms with Gasteiger partial charge in [0.05, 0.1) is 0 Å². The number of hydrogen-bond acceptors (Lipinski definition) is 3. The Bertz CT molecular complexity index is 624. The molecule has 0 aliphatic rings. The molecule has 0 spiro atoms. The van der Waals surface area contributed by atoms with Gasteiger partial charge in [0, 0.05) is 6.07 Å². The molecule has 0 heterocycles. The van der Waals surface area contributed by atoms with Gasteiger partial charge in [0.1, 0.15) is 18.1 Å². The molecule has 0 aromatic heterocycles. The van der Waals surface area contributed by atoms with Crippen LogP contribution in [0.4, 0.5) is 0 Å². The normalized spacial score (nSPS) is 13.2. The van der Waals surface area contributed by atoms with E-state index in [1.807, 2.05) is 36.4 Å². The molecular formula is C18H20O4. The summed E-state index contributed by atoms with van der Waals surface area (Å²) in [6, 6.07) is 16.9. The first kappa shape index (κ1) is 15.9. The maximum atomic E-state index is 11.3. The molecule has 2 aromatic rings. The zero-order valence-electron chi connectivity index (χ0n) is 12.8. The average molecular weight is 300 g/mol. The summed E-state index contributed by atoms with van der Waals surface area (Å²) in [4.78, 5) is 11.3. The number of carboxylic acids is 1. The Morgan fingerprint density at radius 1 is 1.09 bits per heavy atom. The number of benzene rings is 2. The van der Waals surface area contributed by atoms with Crippen molar-refractivity contribution in [1.29, 1.82) is 0 Å². The molecule has 22 heavy (non-hydrogen) atoms. The van der Waals surface area contributed by atoms with Gasteiger partial charge in [-0.15, -0.1) is 0 Å². The molecule has 4 heteroatoms. The number of carboxylic acid groups (broad SMARTS) is 1. The summed E-state index contributed by atoms with van der Waals surface area (Å²) in [5, 5.41) is 9.26. The summed E-state index contributed by atoms with van der Waals surface area (Å²) in [6.45, 7) is 3.80. The van der Waals surface area contributed by atoms with Crippen LogP contribution in [0.1, 0.15) is 25.8 Å². The Hall–Kier alpha value is -2.49. The van der Waals surface area contributed by atoms with E-state index in [0.29, 0.717) is 24.5 Å². The molecule has 0 radical (unpaired) electrons. The highest BCUT2D eigenvalue weighted by molar-refractivity contribution is 5.77. The van der Waals surface area contributed by atoms with Crippen LogP contribution in [0, 0.1) is 0 Å². The third kappa shape index (κ3) is 4.01. The second-order valence-corrected chi connectivity index (χ2v) is 5.24. The topological polar surface area (TPSA) is 55.8 Å². The van der Waals surface area contributed by atoms with E-state index in [1.165, 1.54) is 0 Å². The molecule has 0 saturated heterocycles. The molecule has 2 rings (SSSR count). The predicted molar refractivity (Wildman–Crippen MR) is 84.2 cm³/mol. The quantitative estimate of drug-likeness (QED) is 0.842. The van der Waals surface area contributed by atoms with Crippen LogP contribution in [0.25, 0.3) is 0 Å². The zero-order chi connectivity index (χ0) is 16.0. The SMILES string of the molecule is CC[C@](C)(Oc1cccc(OCc2ccccc2)c1)C(=O)O. The number of carbonyl (C=O) groups is 1. The summed E-state index contributed by atoms with van der Waals surface area (Å²) in [6.07, 6.45) is 0.372. The fourth-order valence-electron chi connectivity index (χ4n) is 1.90. The lowest BCUT2D eigenvalue weighted by Gasteiger charge is -2.25. The van der Waals surface area contributed by atoms with Crippen LogP contribution in [-0.4, -0.2) is 16.7 Å². The van der Waals surface area contributed by atoms with E-state index in [4.69, 9.17) is 9.47 Å². The predicted octanol–water partition coefficient (Wildman–Crippen LogP) is 3.90. The van der Waals surface area contributed by atoms with E-state index in [1.54, 1.807) is 32.0 Å². The second-order valence-electron chi connectivity index (χ2n) is 5.24. The van der Waals surface area contributed by atoms with Crippen LogP contribution in [0.3, 0.4) is 0 Å². The van der Waals surface area contributed by atoms with Crippen molar-refractivity contribution >= 4 is 5.97 Å². The third-order valence-electron chi connectivity index (χ3n) is 3.52. The maximum absolute atomic E-state index is 11.3. The molecule has 0 bridgehead atoms. The van der Waals surface area contributed by atoms with Gasteiger partial charge in [-0.25, -0.2) is 4.79 Å². The molecule has 2 aromatic carbocycles. The van der Waals surface area contributed by atoms with Crippen molar-refractivity contribution in [2.75, 3.05) is 0 Å². The molecule has 0 fully saturated rings. The van der Waals surface area contributed by atoms with E-state index < -0.39 is 11.6 Å². The molecule has 1 atom stereocenters. The van der Waals surface area contributed by atoms with E-state index in [2.05, 4.69) is 0 Å². The van der Waals surface area contributed by atoms with Crippen LogP contribution < -0.4 is 9.47 Å². The average Bonchev–Trinajstić information content (AvgIpc) is 2.54. The van der Waals surface area contributed by atoms with Gasteiger partial charge >= 0.3 is 5.97 Å². The lowest BCUT2D eigenvalue weighted by Crippen LogP contribution is -2.40. The van der Waals surface area contributed by atoms with Gasteiger partial charge in [-0.3, -0.25) is 0 Å². The number of rotatable bonds is 7. The van der Waals surface area contributed by atoms with Crippen molar-refractivity contribution in [1.82, 2.24) is 0 Å². The Labute approximate surface area is 130 Å². The number of hydrogen-bond donors (Lipinski definition) is 1. The van der Waals surface area contributed by atoms with Gasteiger partial charge in [0.15, 0.2) is 0 Å². The molecule has 0 unspecified atom stereocenters. The Kier molecular flexibility index (Phi) is 5.04. The molecule has 0 aliphatic carbocycles. The summed E-state index contributed by atoms with van der Waals surface area (Å²) < 4.78 is 11.3. The van der Waals surface area contributed by atoms with E-state index in [0.717, 1.165) is 5.56 Å². The van der Waals surface area contributed by atoms with Gasteiger partial charge in [-0.1, -0.05) is 43.3 Å². The fraction of sp³-hybridized carbons (Fsp3) is 0.278. The van der Waals surface area contributed by atoms with Crippen molar-refractivity contribution in [2.24, 2.45) is 0 Å². The Morgan fingerprint density at radius 2 is 1.77 bits per heavy atom. The monoisotopic (exact) mass is 300 g/mol. The molecular weight excluding hydrogens is 280 g/mol. The standard InChI is InChI=1S/C18H20O4/c1-3-18(2,17(19)20)22-16-11-7-10-15(12-16)21-13-14-8-5-4-6-9-14/h4-12H,3,13H2,1-2H3,(H,19,20)/t18-/m0/s1. The number of aliphatic carboxylic acids is 1. The van der Waals surface area contributed by atoms with Crippen LogP contribution in [-0.2, 0) is 11.4 Å². The lowest BCUT2D eigenvalue weighted by atomic mass is 10.0. The summed E-state index contributed by atoms with van der Waals surface area (Å²) >= 11 is 0. The van der Waals surface area contributed by atoms with E-state index in [-0.39, 0.29) is 0 Å². The lowest BCUT2D eigenvalue weighted by molar-refractivity contribution is -0.154. The van der Waals surface area contributed by atoms with Gasteiger partial charge in [-0.2, -0.15) is 0 Å². The molecule has 0 saturated carbocycles. The molecule has 1 N–H and O–H groups in total. The van der Waals surface area contributed by atoms with Gasteiger partial charge < -0.3 is 14.6 Å². The smallest absolute Gasteiger partial charge is 0.347 e. The minimum atomic E-state index is -1.24. The van der Waals surface area contributed by atoms with Crippen molar-refractivity contribution in [3.63, 3.8) is 0 Å². The first-order valence-electron chi connectivity index (χ1n) is 7.23. The molecule has 4 nitrogen and oxygen atoms in total. The third-order valence-corrected chi connectivity index (χ3v) is 3.52. The first-order chi connectivity index (χ1) is 10.5. The Balaban J connectivity index is 2.05. The zero-order valence-corrected chi connectivity index (χ0v) is 12.8. The van der Waals surface area contributed by atoms with Crippen LogP contribution in [0.5, 0.6) is 11.5 Å². The van der Waals surface area contributed by atoms with Gasteiger partial charge in [0.2, 0.25) is 5.60 Å². The summed E-state index contributed by atoms with van der Waals surface area (Å²) in [5.41, 5.74) is -0.171. The van der Waals surface area contributed by atoms with Crippen molar-refractivity contribution in [2.45, 2.75) is 32.5 Å². The van der Waals surface area contributed by atoms with Gasteiger partial charge in [0.25, 0.3) is 0 Å². The molecule has 0 aliphatic heterocycles. The van der Waals surface area contributed by atoms with Crippen LogP contribution in [0.15, 0.2) is 54.6 Å². The van der Waals surface area contributed by atoms with Crippen molar-refractivity contribution in [3.8, 4) is 11.5 Å². The highest BCUT2D eigenvalue weighted by Gasteiger charge is 2.33. The maximum Gasteiger partial charge on any atom is 0.347 e. The van der Waals surface area contributed by atoms with E-state index in [9.17, 15) is 9.90 Å². The van der Waals surface area contributed by atoms with Gasteiger partial charge in [-0.05, 0) is 31.0 Å². The van der Waals surface area contributed by atoms with Crippen LogP contribution in [0.2, 0.25) is 0 Å². The minimum absolute atomic E-state index is 0.372. The summed E-state index contributed by atoms with van der Waals surface area (Å²) in [5.74, 6) is 0.146. The minimum Gasteiger partial charge on any atom is -0.489 e. The van der Waals surface area contributed by atoms with E-state index >= 15 is 0 Å². The summed E-state index contributed by atoms with van der Waals surface area (Å²) in [7, 11) is 0. The Morgan fingerprint density at radius 3 is 2.41 bits per heavy atom. The van der Waals surface area contributed by atoms with Crippen molar-refractivity contribution in [3.05, 3.63) is 60.2 Å². The highest BCUT2D eigenvalue weighted by Crippen LogP contribution is 2.26. The first-order valence-corrected chi connectivity index (χ1v) is 7.23. The molecule has 0 amide bonds. The van der Waals surface area contributed by atoms with Crippen molar-refractivity contribution < 1.29 is 19.4 Å².